The van der Waals surface area contributed by atoms with Crippen molar-refractivity contribution in [3.05, 3.63) is 63.3 Å². The molecule has 1 heterocycles. The van der Waals surface area contributed by atoms with Gasteiger partial charge in [0.1, 0.15) is 5.82 Å². The molecule has 0 aliphatic carbocycles. The number of hydrogen-bond acceptors (Lipinski definition) is 3. The van der Waals surface area contributed by atoms with Gasteiger partial charge in [0.15, 0.2) is 0 Å². The summed E-state index contributed by atoms with van der Waals surface area (Å²) in [4.78, 5) is 19.0. The molecule has 0 atom stereocenters. The van der Waals surface area contributed by atoms with E-state index in [0.717, 1.165) is 30.0 Å². The number of aromatic amines is 1. The first kappa shape index (κ1) is 14.5. The molecule has 2 N–H and O–H groups in total. The van der Waals surface area contributed by atoms with Crippen LogP contribution in [-0.2, 0) is 13.0 Å². The molecule has 0 amide bonds. The first-order chi connectivity index (χ1) is 9.67. The highest BCUT2D eigenvalue weighted by Gasteiger charge is 2.03. The molecule has 4 heteroatoms. The van der Waals surface area contributed by atoms with Gasteiger partial charge < -0.3 is 10.3 Å². The van der Waals surface area contributed by atoms with E-state index in [-0.39, 0.29) is 5.56 Å². The summed E-state index contributed by atoms with van der Waals surface area (Å²) in [5.41, 5.74) is 3.08. The summed E-state index contributed by atoms with van der Waals surface area (Å²) in [6.45, 7) is 5.74. The fraction of sp³-hybridized carbons (Fsp3) is 0.375. The molecule has 0 spiro atoms. The Kier molecular flexibility index (Phi) is 5.07. The summed E-state index contributed by atoms with van der Waals surface area (Å²) in [6.07, 6.45) is 1.72. The van der Waals surface area contributed by atoms with Crippen LogP contribution >= 0.6 is 0 Å². The van der Waals surface area contributed by atoms with Gasteiger partial charge in [0.2, 0.25) is 0 Å². The Morgan fingerprint density at radius 2 is 2.15 bits per heavy atom. The monoisotopic (exact) mass is 271 g/mol. The Bertz CT molecular complexity index is 619. The van der Waals surface area contributed by atoms with Crippen LogP contribution in [0.3, 0.4) is 0 Å². The number of nitrogens with zero attached hydrogens (tertiary/aromatic N) is 1. The number of benzene rings is 1. The van der Waals surface area contributed by atoms with Gasteiger partial charge in [-0.25, -0.2) is 4.98 Å². The van der Waals surface area contributed by atoms with Gasteiger partial charge in [0.25, 0.3) is 5.56 Å². The molecule has 1 aromatic carbocycles. The summed E-state index contributed by atoms with van der Waals surface area (Å²) in [5, 5.41) is 3.26. The van der Waals surface area contributed by atoms with Gasteiger partial charge in [0, 0.05) is 19.0 Å². The van der Waals surface area contributed by atoms with Crippen molar-refractivity contribution in [2.75, 3.05) is 6.54 Å². The third kappa shape index (κ3) is 4.31. The molecule has 0 aliphatic rings. The molecule has 0 saturated carbocycles. The molecular weight excluding hydrogens is 250 g/mol. The van der Waals surface area contributed by atoms with Gasteiger partial charge in [-0.2, -0.15) is 0 Å². The van der Waals surface area contributed by atoms with Gasteiger partial charge in [-0.3, -0.25) is 4.79 Å². The van der Waals surface area contributed by atoms with Crippen molar-refractivity contribution in [1.82, 2.24) is 15.3 Å². The SMILES string of the molecule is CCCNCc1cc(=O)[nH]c(Cc2cccc(C)c2)n1. The van der Waals surface area contributed by atoms with Crippen LogP contribution < -0.4 is 10.9 Å². The molecule has 20 heavy (non-hydrogen) atoms. The van der Waals surface area contributed by atoms with E-state index >= 15 is 0 Å². The van der Waals surface area contributed by atoms with Gasteiger partial charge in [-0.05, 0) is 25.5 Å². The highest BCUT2D eigenvalue weighted by molar-refractivity contribution is 5.25. The van der Waals surface area contributed by atoms with Crippen LogP contribution in [0, 0.1) is 6.92 Å². The van der Waals surface area contributed by atoms with E-state index in [1.807, 2.05) is 6.07 Å². The number of H-pyrrole nitrogens is 1. The summed E-state index contributed by atoms with van der Waals surface area (Å²) in [7, 11) is 0. The number of rotatable bonds is 6. The summed E-state index contributed by atoms with van der Waals surface area (Å²) < 4.78 is 0. The molecule has 2 rings (SSSR count). The lowest BCUT2D eigenvalue weighted by Crippen LogP contribution is -2.19. The zero-order valence-electron chi connectivity index (χ0n) is 12.1. The lowest BCUT2D eigenvalue weighted by atomic mass is 10.1. The Labute approximate surface area is 119 Å². The molecule has 0 bridgehead atoms. The summed E-state index contributed by atoms with van der Waals surface area (Å²) in [6, 6.07) is 9.81. The zero-order valence-corrected chi connectivity index (χ0v) is 12.1. The lowest BCUT2D eigenvalue weighted by molar-refractivity contribution is 0.658. The second-order valence-electron chi connectivity index (χ2n) is 5.03. The maximum atomic E-state index is 11.7. The number of aryl methyl sites for hydroxylation is 1. The second kappa shape index (κ2) is 7.01. The average Bonchev–Trinajstić information content (AvgIpc) is 2.38. The van der Waals surface area contributed by atoms with Crippen LogP contribution in [0.25, 0.3) is 0 Å². The first-order valence-corrected chi connectivity index (χ1v) is 7.02. The largest absolute Gasteiger partial charge is 0.311 e. The van der Waals surface area contributed by atoms with Crippen molar-refractivity contribution in [3.8, 4) is 0 Å². The highest BCUT2D eigenvalue weighted by Crippen LogP contribution is 2.07. The molecule has 0 radical (unpaired) electrons. The van der Waals surface area contributed by atoms with Crippen LogP contribution in [0.1, 0.15) is 36.0 Å². The summed E-state index contributed by atoms with van der Waals surface area (Å²) in [5.74, 6) is 0.719. The third-order valence-corrected chi connectivity index (χ3v) is 3.03. The number of nitrogens with one attached hydrogen (secondary N) is 2. The van der Waals surface area contributed by atoms with E-state index in [1.165, 1.54) is 5.56 Å². The van der Waals surface area contributed by atoms with Gasteiger partial charge in [-0.1, -0.05) is 36.8 Å². The smallest absolute Gasteiger partial charge is 0.251 e. The van der Waals surface area contributed by atoms with E-state index in [1.54, 1.807) is 6.07 Å². The lowest BCUT2D eigenvalue weighted by Gasteiger charge is -2.06. The number of hydrogen-bond donors (Lipinski definition) is 2. The van der Waals surface area contributed by atoms with E-state index in [2.05, 4.69) is 47.3 Å². The van der Waals surface area contributed by atoms with Crippen molar-refractivity contribution in [3.63, 3.8) is 0 Å². The molecule has 0 saturated heterocycles. The molecular formula is C16H21N3O. The highest BCUT2D eigenvalue weighted by atomic mass is 16.1. The van der Waals surface area contributed by atoms with Crippen LogP contribution in [-0.4, -0.2) is 16.5 Å². The van der Waals surface area contributed by atoms with Crippen molar-refractivity contribution in [1.29, 1.82) is 0 Å². The molecule has 2 aromatic rings. The van der Waals surface area contributed by atoms with Crippen molar-refractivity contribution >= 4 is 0 Å². The average molecular weight is 271 g/mol. The molecule has 4 nitrogen and oxygen atoms in total. The van der Waals surface area contributed by atoms with Crippen LogP contribution in [0.2, 0.25) is 0 Å². The fourth-order valence-electron chi connectivity index (χ4n) is 2.15. The third-order valence-electron chi connectivity index (χ3n) is 3.03. The number of aromatic nitrogens is 2. The van der Waals surface area contributed by atoms with Gasteiger partial charge >= 0.3 is 0 Å². The predicted octanol–water partition coefficient (Wildman–Crippen LogP) is 2.17. The minimum absolute atomic E-state index is 0.0871. The van der Waals surface area contributed by atoms with E-state index in [0.29, 0.717) is 13.0 Å². The Balaban J connectivity index is 2.13. The van der Waals surface area contributed by atoms with Crippen LogP contribution in [0.15, 0.2) is 35.1 Å². The molecule has 1 aromatic heterocycles. The zero-order chi connectivity index (χ0) is 14.4. The van der Waals surface area contributed by atoms with Crippen LogP contribution in [0.5, 0.6) is 0 Å². The van der Waals surface area contributed by atoms with Gasteiger partial charge in [-0.15, -0.1) is 0 Å². The standard InChI is InChI=1S/C16H21N3O/c1-3-7-17-11-14-10-16(20)19-15(18-14)9-13-6-4-5-12(2)8-13/h4-6,8,10,17H,3,7,9,11H2,1-2H3,(H,18,19,20). The van der Waals surface area contributed by atoms with Crippen LogP contribution in [0.4, 0.5) is 0 Å². The quantitative estimate of drug-likeness (QED) is 0.792. The minimum Gasteiger partial charge on any atom is -0.311 e. The topological polar surface area (TPSA) is 57.8 Å². The first-order valence-electron chi connectivity index (χ1n) is 7.02. The van der Waals surface area contributed by atoms with E-state index in [4.69, 9.17) is 0 Å². The van der Waals surface area contributed by atoms with E-state index in [9.17, 15) is 4.79 Å². The Hall–Kier alpha value is -1.94. The fourth-order valence-corrected chi connectivity index (χ4v) is 2.15. The Morgan fingerprint density at radius 3 is 2.90 bits per heavy atom. The molecule has 0 aliphatic heterocycles. The predicted molar refractivity (Wildman–Crippen MR) is 80.8 cm³/mol. The summed E-state index contributed by atoms with van der Waals surface area (Å²) >= 11 is 0. The molecule has 106 valence electrons. The normalized spacial score (nSPS) is 10.7. The minimum atomic E-state index is -0.0871. The second-order valence-corrected chi connectivity index (χ2v) is 5.03. The maximum Gasteiger partial charge on any atom is 0.251 e. The van der Waals surface area contributed by atoms with E-state index < -0.39 is 0 Å². The van der Waals surface area contributed by atoms with Crippen molar-refractivity contribution < 1.29 is 0 Å². The van der Waals surface area contributed by atoms with Crippen molar-refractivity contribution in [2.45, 2.75) is 33.2 Å². The van der Waals surface area contributed by atoms with Gasteiger partial charge in [0.05, 0.1) is 5.69 Å². The molecule has 0 unspecified atom stereocenters. The van der Waals surface area contributed by atoms with Crippen molar-refractivity contribution in [2.24, 2.45) is 0 Å². The maximum absolute atomic E-state index is 11.7. The molecule has 0 fully saturated rings. The Morgan fingerprint density at radius 1 is 1.30 bits per heavy atom.